The lowest BCUT2D eigenvalue weighted by Crippen LogP contribution is -2.42. The van der Waals surface area contributed by atoms with Crippen molar-refractivity contribution in [1.29, 1.82) is 0 Å². The van der Waals surface area contributed by atoms with Gasteiger partial charge in [-0.15, -0.1) is 11.3 Å². The molecule has 0 atom stereocenters. The number of hydrogen-bond donors (Lipinski definition) is 2. The van der Waals surface area contributed by atoms with E-state index in [4.69, 9.17) is 4.74 Å². The van der Waals surface area contributed by atoms with Crippen LogP contribution in [0.5, 0.6) is 0 Å². The molecule has 1 aromatic heterocycles. The SMILES string of the molecule is CC(C)N(CC(=O)Nc1nc(CC(=O)NCCN2CCOCC2)cs1)C(=O)c1ccccc1. The van der Waals surface area contributed by atoms with Crippen LogP contribution in [-0.4, -0.2) is 84.5 Å². The Bertz CT molecular complexity index is 928. The average molecular weight is 474 g/mol. The van der Waals surface area contributed by atoms with Gasteiger partial charge in [0.25, 0.3) is 5.91 Å². The van der Waals surface area contributed by atoms with Crippen molar-refractivity contribution in [3.05, 3.63) is 47.0 Å². The molecule has 9 nitrogen and oxygen atoms in total. The number of anilines is 1. The van der Waals surface area contributed by atoms with Crippen molar-refractivity contribution in [1.82, 2.24) is 20.1 Å². The number of morpholine rings is 1. The predicted molar refractivity (Wildman–Crippen MR) is 127 cm³/mol. The van der Waals surface area contributed by atoms with Gasteiger partial charge in [0.1, 0.15) is 6.54 Å². The highest BCUT2D eigenvalue weighted by molar-refractivity contribution is 7.13. The fraction of sp³-hybridized carbons (Fsp3) is 0.478. The molecule has 0 radical (unpaired) electrons. The summed E-state index contributed by atoms with van der Waals surface area (Å²) >= 11 is 1.26. The number of nitrogens with zero attached hydrogens (tertiary/aromatic N) is 3. The second kappa shape index (κ2) is 12.4. The fourth-order valence-electron chi connectivity index (χ4n) is 3.40. The molecule has 1 saturated heterocycles. The van der Waals surface area contributed by atoms with Crippen LogP contribution in [0.25, 0.3) is 0 Å². The minimum Gasteiger partial charge on any atom is -0.379 e. The standard InChI is InChI=1S/C23H31N5O4S/c1-17(2)28(22(31)18-6-4-3-5-7-18)15-21(30)26-23-25-19(16-33-23)14-20(29)24-8-9-27-10-12-32-13-11-27/h3-7,16-17H,8-15H2,1-2H3,(H,24,29)(H,25,26,30). The van der Waals surface area contributed by atoms with Crippen molar-refractivity contribution in [3.63, 3.8) is 0 Å². The summed E-state index contributed by atoms with van der Waals surface area (Å²) in [7, 11) is 0. The maximum Gasteiger partial charge on any atom is 0.254 e. The van der Waals surface area contributed by atoms with E-state index in [1.54, 1.807) is 29.6 Å². The van der Waals surface area contributed by atoms with E-state index in [0.29, 0.717) is 22.9 Å². The lowest BCUT2D eigenvalue weighted by molar-refractivity contribution is -0.120. The minimum absolute atomic E-state index is 0.0810. The molecule has 33 heavy (non-hydrogen) atoms. The Morgan fingerprint density at radius 2 is 1.88 bits per heavy atom. The van der Waals surface area contributed by atoms with E-state index in [1.165, 1.54) is 16.2 Å². The fourth-order valence-corrected chi connectivity index (χ4v) is 4.13. The van der Waals surface area contributed by atoms with E-state index in [9.17, 15) is 14.4 Å². The molecule has 0 aliphatic carbocycles. The molecule has 1 aliphatic rings. The summed E-state index contributed by atoms with van der Waals surface area (Å²) in [5.41, 5.74) is 1.13. The lowest BCUT2D eigenvalue weighted by atomic mass is 10.1. The van der Waals surface area contributed by atoms with E-state index < -0.39 is 0 Å². The van der Waals surface area contributed by atoms with Crippen molar-refractivity contribution in [3.8, 4) is 0 Å². The second-order valence-corrected chi connectivity index (χ2v) is 8.92. The normalized spacial score (nSPS) is 14.2. The minimum atomic E-state index is -0.330. The summed E-state index contributed by atoms with van der Waals surface area (Å²) in [4.78, 5) is 45.6. The van der Waals surface area contributed by atoms with E-state index in [0.717, 1.165) is 32.8 Å². The number of carbonyl (C=O) groups is 3. The summed E-state index contributed by atoms with van der Waals surface area (Å²) in [6, 6.07) is 8.75. The molecule has 2 N–H and O–H groups in total. The summed E-state index contributed by atoms with van der Waals surface area (Å²) in [6.45, 7) is 8.26. The number of hydrogen-bond acceptors (Lipinski definition) is 7. The monoisotopic (exact) mass is 473 g/mol. The maximum atomic E-state index is 12.8. The molecule has 0 saturated carbocycles. The Labute approximate surface area is 198 Å². The third kappa shape index (κ3) is 7.92. The van der Waals surface area contributed by atoms with E-state index >= 15 is 0 Å². The molecule has 2 aromatic rings. The molecule has 2 heterocycles. The first-order chi connectivity index (χ1) is 15.9. The molecule has 3 amide bonds. The van der Waals surface area contributed by atoms with Gasteiger partial charge in [0.15, 0.2) is 5.13 Å². The zero-order valence-corrected chi connectivity index (χ0v) is 19.9. The maximum absolute atomic E-state index is 12.8. The number of thiazole rings is 1. The molecule has 3 rings (SSSR count). The average Bonchev–Trinajstić information content (AvgIpc) is 3.24. The van der Waals surface area contributed by atoms with Crippen LogP contribution in [0.4, 0.5) is 5.13 Å². The van der Waals surface area contributed by atoms with Crippen molar-refractivity contribution in [2.45, 2.75) is 26.3 Å². The third-order valence-electron chi connectivity index (χ3n) is 5.21. The van der Waals surface area contributed by atoms with Crippen molar-refractivity contribution in [2.24, 2.45) is 0 Å². The second-order valence-electron chi connectivity index (χ2n) is 8.07. The molecule has 0 bridgehead atoms. The molecule has 1 aromatic carbocycles. The van der Waals surface area contributed by atoms with Crippen LogP contribution in [0.15, 0.2) is 35.7 Å². The van der Waals surface area contributed by atoms with Crippen LogP contribution >= 0.6 is 11.3 Å². The van der Waals surface area contributed by atoms with Gasteiger partial charge in [-0.3, -0.25) is 19.3 Å². The Morgan fingerprint density at radius 1 is 1.15 bits per heavy atom. The number of rotatable bonds is 10. The van der Waals surface area contributed by atoms with Gasteiger partial charge in [-0.05, 0) is 26.0 Å². The Morgan fingerprint density at radius 3 is 2.58 bits per heavy atom. The topological polar surface area (TPSA) is 104 Å². The van der Waals surface area contributed by atoms with E-state index in [-0.39, 0.29) is 36.7 Å². The number of benzene rings is 1. The zero-order chi connectivity index (χ0) is 23.6. The molecule has 0 spiro atoms. The van der Waals surface area contributed by atoms with Gasteiger partial charge in [-0.25, -0.2) is 4.98 Å². The van der Waals surface area contributed by atoms with Gasteiger partial charge in [-0.1, -0.05) is 18.2 Å². The van der Waals surface area contributed by atoms with Gasteiger partial charge in [0.05, 0.1) is 25.3 Å². The van der Waals surface area contributed by atoms with Crippen LogP contribution in [0.3, 0.4) is 0 Å². The Balaban J connectivity index is 1.45. The summed E-state index contributed by atoms with van der Waals surface area (Å²) < 4.78 is 5.32. The number of amides is 3. The predicted octanol–water partition coefficient (Wildman–Crippen LogP) is 1.62. The van der Waals surface area contributed by atoms with Gasteiger partial charge in [0.2, 0.25) is 11.8 Å². The third-order valence-corrected chi connectivity index (χ3v) is 6.02. The van der Waals surface area contributed by atoms with Crippen LogP contribution in [0.2, 0.25) is 0 Å². The number of ether oxygens (including phenoxy) is 1. The quantitative estimate of drug-likeness (QED) is 0.544. The Hall–Kier alpha value is -2.82. The lowest BCUT2D eigenvalue weighted by Gasteiger charge is -2.26. The van der Waals surface area contributed by atoms with Gasteiger partial charge in [-0.2, -0.15) is 0 Å². The van der Waals surface area contributed by atoms with Gasteiger partial charge in [0, 0.05) is 43.2 Å². The van der Waals surface area contributed by atoms with Crippen LogP contribution in [0, 0.1) is 0 Å². The van der Waals surface area contributed by atoms with Gasteiger partial charge < -0.3 is 20.3 Å². The van der Waals surface area contributed by atoms with Crippen molar-refractivity contribution >= 4 is 34.2 Å². The highest BCUT2D eigenvalue weighted by Crippen LogP contribution is 2.16. The van der Waals surface area contributed by atoms with E-state index in [1.807, 2.05) is 19.9 Å². The summed E-state index contributed by atoms with van der Waals surface area (Å²) in [5.74, 6) is -0.635. The summed E-state index contributed by atoms with van der Waals surface area (Å²) in [6.07, 6.45) is 0.153. The van der Waals surface area contributed by atoms with Crippen LogP contribution < -0.4 is 10.6 Å². The van der Waals surface area contributed by atoms with Crippen LogP contribution in [0.1, 0.15) is 29.9 Å². The molecule has 0 unspecified atom stereocenters. The first-order valence-corrected chi connectivity index (χ1v) is 12.0. The zero-order valence-electron chi connectivity index (χ0n) is 19.1. The number of nitrogens with one attached hydrogen (secondary N) is 2. The van der Waals surface area contributed by atoms with E-state index in [2.05, 4.69) is 20.5 Å². The van der Waals surface area contributed by atoms with Crippen LogP contribution in [-0.2, 0) is 20.7 Å². The highest BCUT2D eigenvalue weighted by atomic mass is 32.1. The van der Waals surface area contributed by atoms with Gasteiger partial charge >= 0.3 is 0 Å². The molecule has 1 fully saturated rings. The molecule has 10 heteroatoms. The number of carbonyl (C=O) groups excluding carboxylic acids is 3. The highest BCUT2D eigenvalue weighted by Gasteiger charge is 2.22. The first kappa shape index (κ1) is 24.8. The molecule has 1 aliphatic heterocycles. The largest absolute Gasteiger partial charge is 0.379 e. The Kier molecular flexibility index (Phi) is 9.35. The first-order valence-electron chi connectivity index (χ1n) is 11.1. The van der Waals surface area contributed by atoms with Crippen molar-refractivity contribution < 1.29 is 19.1 Å². The number of aromatic nitrogens is 1. The molecular weight excluding hydrogens is 442 g/mol. The molecule has 178 valence electrons. The molecular formula is C23H31N5O4S. The van der Waals surface area contributed by atoms with Crippen molar-refractivity contribution in [2.75, 3.05) is 51.3 Å². The summed E-state index contributed by atoms with van der Waals surface area (Å²) in [5, 5.41) is 7.81. The smallest absolute Gasteiger partial charge is 0.254 e.